The summed E-state index contributed by atoms with van der Waals surface area (Å²) in [5.41, 5.74) is 5.43. The molecule has 4 nitrogen and oxygen atoms in total. The molecule has 0 aliphatic carbocycles. The van der Waals surface area contributed by atoms with E-state index in [1.165, 1.54) is 25.7 Å². The first-order chi connectivity index (χ1) is 7.74. The molecular weight excluding hydrogens is 202 g/mol. The Morgan fingerprint density at radius 2 is 1.88 bits per heavy atom. The number of rotatable bonds is 5. The molecule has 4 heteroatoms. The Morgan fingerprint density at radius 3 is 2.44 bits per heavy atom. The maximum absolute atomic E-state index is 11.9. The van der Waals surface area contributed by atoms with Crippen LogP contribution in [0, 0.1) is 0 Å². The standard InChI is InChI=1S/C12H25N3O/c1-14(8-6-7-13)12(16)11-15-9-4-2-3-5-10-15/h2-11,13H2,1H3. The maximum Gasteiger partial charge on any atom is 0.236 e. The van der Waals surface area contributed by atoms with Crippen molar-refractivity contribution in [1.82, 2.24) is 9.80 Å². The third kappa shape index (κ3) is 4.94. The van der Waals surface area contributed by atoms with Gasteiger partial charge >= 0.3 is 0 Å². The largest absolute Gasteiger partial charge is 0.345 e. The predicted octanol–water partition coefficient (Wildman–Crippen LogP) is 0.670. The number of nitrogens with two attached hydrogens (primary N) is 1. The molecule has 1 heterocycles. The van der Waals surface area contributed by atoms with Crippen molar-refractivity contribution >= 4 is 5.91 Å². The third-order valence-electron chi connectivity index (χ3n) is 3.18. The van der Waals surface area contributed by atoms with E-state index < -0.39 is 0 Å². The molecule has 1 aliphatic heterocycles. The van der Waals surface area contributed by atoms with Gasteiger partial charge in [-0.05, 0) is 38.9 Å². The number of carbonyl (C=O) groups is 1. The number of likely N-dealkylation sites (tertiary alicyclic amines) is 1. The Balaban J connectivity index is 2.25. The summed E-state index contributed by atoms with van der Waals surface area (Å²) in [6.07, 6.45) is 5.99. The van der Waals surface area contributed by atoms with Crippen LogP contribution in [0.1, 0.15) is 32.1 Å². The first-order valence-electron chi connectivity index (χ1n) is 6.40. The summed E-state index contributed by atoms with van der Waals surface area (Å²) >= 11 is 0. The van der Waals surface area contributed by atoms with E-state index in [1.807, 2.05) is 7.05 Å². The van der Waals surface area contributed by atoms with Gasteiger partial charge in [0.1, 0.15) is 0 Å². The average molecular weight is 227 g/mol. The van der Waals surface area contributed by atoms with Gasteiger partial charge in [0.2, 0.25) is 5.91 Å². The van der Waals surface area contributed by atoms with Crippen molar-refractivity contribution in [3.63, 3.8) is 0 Å². The monoisotopic (exact) mass is 227 g/mol. The van der Waals surface area contributed by atoms with E-state index in [9.17, 15) is 4.79 Å². The molecule has 0 aromatic heterocycles. The minimum absolute atomic E-state index is 0.232. The molecule has 1 saturated heterocycles. The third-order valence-corrected chi connectivity index (χ3v) is 3.18. The fourth-order valence-electron chi connectivity index (χ4n) is 2.06. The van der Waals surface area contributed by atoms with Crippen LogP contribution in [0.5, 0.6) is 0 Å². The highest BCUT2D eigenvalue weighted by molar-refractivity contribution is 5.77. The molecule has 0 saturated carbocycles. The van der Waals surface area contributed by atoms with Crippen LogP contribution in [0.3, 0.4) is 0 Å². The Morgan fingerprint density at radius 1 is 1.25 bits per heavy atom. The molecule has 0 aromatic rings. The number of nitrogens with zero attached hydrogens (tertiary/aromatic N) is 2. The fourth-order valence-corrected chi connectivity index (χ4v) is 2.06. The van der Waals surface area contributed by atoms with E-state index in [1.54, 1.807) is 4.90 Å². The molecule has 1 fully saturated rings. The normalized spacial score (nSPS) is 18.1. The molecule has 1 rings (SSSR count). The summed E-state index contributed by atoms with van der Waals surface area (Å²) in [4.78, 5) is 16.0. The van der Waals surface area contributed by atoms with Crippen molar-refractivity contribution in [3.8, 4) is 0 Å². The van der Waals surface area contributed by atoms with Gasteiger partial charge in [-0.3, -0.25) is 9.69 Å². The highest BCUT2D eigenvalue weighted by Crippen LogP contribution is 2.09. The van der Waals surface area contributed by atoms with E-state index in [-0.39, 0.29) is 5.91 Å². The zero-order valence-electron chi connectivity index (χ0n) is 10.5. The zero-order chi connectivity index (χ0) is 11.8. The van der Waals surface area contributed by atoms with Crippen molar-refractivity contribution in [3.05, 3.63) is 0 Å². The van der Waals surface area contributed by atoms with Gasteiger partial charge in [0.15, 0.2) is 0 Å². The lowest BCUT2D eigenvalue weighted by molar-refractivity contribution is -0.131. The molecule has 0 radical (unpaired) electrons. The van der Waals surface area contributed by atoms with Gasteiger partial charge in [0.05, 0.1) is 6.54 Å². The topological polar surface area (TPSA) is 49.6 Å². The van der Waals surface area contributed by atoms with Gasteiger partial charge in [0.25, 0.3) is 0 Å². The minimum atomic E-state index is 0.232. The second-order valence-electron chi connectivity index (χ2n) is 4.65. The summed E-state index contributed by atoms with van der Waals surface area (Å²) in [5, 5.41) is 0. The van der Waals surface area contributed by atoms with Crippen LogP contribution in [0.25, 0.3) is 0 Å². The van der Waals surface area contributed by atoms with E-state index in [2.05, 4.69) is 4.90 Å². The van der Waals surface area contributed by atoms with Crippen molar-refractivity contribution in [2.24, 2.45) is 5.73 Å². The Hall–Kier alpha value is -0.610. The van der Waals surface area contributed by atoms with Crippen molar-refractivity contribution in [2.45, 2.75) is 32.1 Å². The van der Waals surface area contributed by atoms with Crippen LogP contribution in [-0.2, 0) is 4.79 Å². The first kappa shape index (κ1) is 13.5. The lowest BCUT2D eigenvalue weighted by Crippen LogP contribution is -2.39. The minimum Gasteiger partial charge on any atom is -0.345 e. The molecule has 94 valence electrons. The van der Waals surface area contributed by atoms with Gasteiger partial charge in [-0.25, -0.2) is 0 Å². The molecule has 2 N–H and O–H groups in total. The summed E-state index contributed by atoms with van der Waals surface area (Å²) < 4.78 is 0. The molecule has 1 amide bonds. The summed E-state index contributed by atoms with van der Waals surface area (Å²) in [6, 6.07) is 0. The highest BCUT2D eigenvalue weighted by atomic mass is 16.2. The molecule has 0 unspecified atom stereocenters. The second-order valence-corrected chi connectivity index (χ2v) is 4.65. The van der Waals surface area contributed by atoms with E-state index in [4.69, 9.17) is 5.73 Å². The Kier molecular flexibility index (Phi) is 6.42. The van der Waals surface area contributed by atoms with Gasteiger partial charge < -0.3 is 10.6 Å². The van der Waals surface area contributed by atoms with Gasteiger partial charge in [-0.1, -0.05) is 12.8 Å². The molecule has 0 bridgehead atoms. The van der Waals surface area contributed by atoms with E-state index in [0.717, 1.165) is 26.1 Å². The Labute approximate surface area is 98.8 Å². The van der Waals surface area contributed by atoms with Gasteiger partial charge in [-0.15, -0.1) is 0 Å². The van der Waals surface area contributed by atoms with E-state index >= 15 is 0 Å². The summed E-state index contributed by atoms with van der Waals surface area (Å²) in [7, 11) is 1.87. The SMILES string of the molecule is CN(CCCN)C(=O)CN1CCCCCC1. The molecule has 0 spiro atoms. The van der Waals surface area contributed by atoms with Crippen LogP contribution < -0.4 is 5.73 Å². The lowest BCUT2D eigenvalue weighted by atomic mass is 10.2. The van der Waals surface area contributed by atoms with Crippen LogP contribution >= 0.6 is 0 Å². The maximum atomic E-state index is 11.9. The number of hydrogen-bond donors (Lipinski definition) is 1. The molecule has 0 aromatic carbocycles. The van der Waals surface area contributed by atoms with Crippen LogP contribution in [0.15, 0.2) is 0 Å². The van der Waals surface area contributed by atoms with Gasteiger partial charge in [0, 0.05) is 13.6 Å². The fraction of sp³-hybridized carbons (Fsp3) is 0.917. The molecule has 0 atom stereocenters. The predicted molar refractivity (Wildman–Crippen MR) is 66.2 cm³/mol. The van der Waals surface area contributed by atoms with Crippen LogP contribution in [-0.4, -0.2) is 55.5 Å². The number of hydrogen-bond acceptors (Lipinski definition) is 3. The average Bonchev–Trinajstić information content (AvgIpc) is 2.54. The molecular formula is C12H25N3O. The molecule has 1 aliphatic rings. The Bertz CT molecular complexity index is 200. The van der Waals surface area contributed by atoms with Gasteiger partial charge in [-0.2, -0.15) is 0 Å². The summed E-state index contributed by atoms with van der Waals surface area (Å²) in [6.45, 7) is 4.18. The quantitative estimate of drug-likeness (QED) is 0.751. The van der Waals surface area contributed by atoms with Crippen molar-refractivity contribution in [1.29, 1.82) is 0 Å². The number of amides is 1. The number of carbonyl (C=O) groups excluding carboxylic acids is 1. The second kappa shape index (κ2) is 7.63. The van der Waals surface area contributed by atoms with Crippen LogP contribution in [0.4, 0.5) is 0 Å². The highest BCUT2D eigenvalue weighted by Gasteiger charge is 2.15. The summed E-state index contributed by atoms with van der Waals surface area (Å²) in [5.74, 6) is 0.232. The smallest absolute Gasteiger partial charge is 0.236 e. The zero-order valence-corrected chi connectivity index (χ0v) is 10.5. The van der Waals surface area contributed by atoms with Crippen molar-refractivity contribution in [2.75, 3.05) is 39.8 Å². The first-order valence-corrected chi connectivity index (χ1v) is 6.40. The van der Waals surface area contributed by atoms with Crippen LogP contribution in [0.2, 0.25) is 0 Å². The lowest BCUT2D eigenvalue weighted by Gasteiger charge is -2.23. The van der Waals surface area contributed by atoms with E-state index in [0.29, 0.717) is 13.1 Å². The number of likely N-dealkylation sites (N-methyl/N-ethyl adjacent to an activating group) is 1. The molecule has 16 heavy (non-hydrogen) atoms. The van der Waals surface area contributed by atoms with Crippen molar-refractivity contribution < 1.29 is 4.79 Å².